The molecule has 0 spiro atoms. The van der Waals surface area contributed by atoms with E-state index < -0.39 is 0 Å². The van der Waals surface area contributed by atoms with Crippen LogP contribution in [0.4, 0.5) is 0 Å². The van der Waals surface area contributed by atoms with Gasteiger partial charge in [-0.25, -0.2) is 4.98 Å². The summed E-state index contributed by atoms with van der Waals surface area (Å²) in [5.74, 6) is 0.610. The number of hydrogen-bond acceptors (Lipinski definition) is 4. The highest BCUT2D eigenvalue weighted by molar-refractivity contribution is 5.76. The molecule has 1 amide bonds. The molecule has 1 saturated carbocycles. The van der Waals surface area contributed by atoms with Gasteiger partial charge in [0.2, 0.25) is 5.91 Å². The summed E-state index contributed by atoms with van der Waals surface area (Å²) in [4.78, 5) is 28.6. The third-order valence-corrected chi connectivity index (χ3v) is 4.30. The van der Waals surface area contributed by atoms with E-state index in [0.29, 0.717) is 5.69 Å². The molecule has 6 nitrogen and oxygen atoms in total. The zero-order valence-electron chi connectivity index (χ0n) is 13.7. The van der Waals surface area contributed by atoms with Crippen molar-refractivity contribution in [2.75, 3.05) is 7.11 Å². The molecule has 0 aliphatic heterocycles. The molecule has 3 rings (SSSR count). The fourth-order valence-electron chi connectivity index (χ4n) is 2.96. The van der Waals surface area contributed by atoms with Crippen molar-refractivity contribution in [2.45, 2.75) is 38.3 Å². The van der Waals surface area contributed by atoms with Crippen LogP contribution in [0.3, 0.4) is 0 Å². The number of carbonyl (C=O) groups excluding carboxylic acids is 1. The van der Waals surface area contributed by atoms with Gasteiger partial charge < -0.3 is 10.1 Å². The van der Waals surface area contributed by atoms with Gasteiger partial charge in [-0.15, -0.1) is 0 Å². The van der Waals surface area contributed by atoms with E-state index in [-0.39, 0.29) is 24.1 Å². The monoisotopic (exact) mass is 327 g/mol. The Morgan fingerprint density at radius 1 is 1.29 bits per heavy atom. The van der Waals surface area contributed by atoms with Crippen molar-refractivity contribution in [1.82, 2.24) is 14.9 Å². The number of aromatic nitrogens is 2. The lowest BCUT2D eigenvalue weighted by Gasteiger charge is -2.12. The molecule has 1 N–H and O–H groups in total. The molecule has 1 aromatic carbocycles. The Morgan fingerprint density at radius 3 is 2.62 bits per heavy atom. The molecule has 0 unspecified atom stereocenters. The van der Waals surface area contributed by atoms with Crippen LogP contribution in [-0.4, -0.2) is 28.6 Å². The molecule has 1 heterocycles. The summed E-state index contributed by atoms with van der Waals surface area (Å²) in [5.41, 5.74) is 1.17. The van der Waals surface area contributed by atoms with Crippen molar-refractivity contribution in [3.8, 4) is 17.0 Å². The molecule has 0 bridgehead atoms. The van der Waals surface area contributed by atoms with Crippen LogP contribution < -0.4 is 15.6 Å². The molecule has 126 valence electrons. The molecule has 24 heavy (non-hydrogen) atoms. The zero-order valence-corrected chi connectivity index (χ0v) is 13.7. The third-order valence-electron chi connectivity index (χ3n) is 4.30. The smallest absolute Gasteiger partial charge is 0.254 e. The molecule has 0 radical (unpaired) electrons. The van der Waals surface area contributed by atoms with Crippen LogP contribution in [0.2, 0.25) is 0 Å². The number of ether oxygens (including phenoxy) is 1. The maximum atomic E-state index is 12.2. The Bertz CT molecular complexity index is 762. The van der Waals surface area contributed by atoms with Crippen molar-refractivity contribution in [3.63, 3.8) is 0 Å². The van der Waals surface area contributed by atoms with Crippen LogP contribution >= 0.6 is 0 Å². The van der Waals surface area contributed by atoms with Gasteiger partial charge in [-0.3, -0.25) is 14.2 Å². The standard InChI is InChI=1S/C18H21N3O3/c1-24-15-8-6-13(7-9-15)16-10-18(23)21(12-19-16)11-17(22)20-14-4-2-3-5-14/h6-10,12,14H,2-5,11H2,1H3,(H,20,22). The first-order valence-electron chi connectivity index (χ1n) is 8.16. The predicted molar refractivity (Wildman–Crippen MR) is 90.9 cm³/mol. The van der Waals surface area contributed by atoms with E-state index in [9.17, 15) is 9.59 Å². The molecule has 1 aliphatic carbocycles. The number of rotatable bonds is 5. The average Bonchev–Trinajstić information content (AvgIpc) is 3.09. The van der Waals surface area contributed by atoms with E-state index in [0.717, 1.165) is 37.0 Å². The number of benzene rings is 1. The van der Waals surface area contributed by atoms with Crippen LogP contribution in [0.5, 0.6) is 5.75 Å². The lowest BCUT2D eigenvalue weighted by molar-refractivity contribution is -0.122. The summed E-state index contributed by atoms with van der Waals surface area (Å²) in [5, 5.41) is 2.97. The van der Waals surface area contributed by atoms with Crippen LogP contribution in [0.15, 0.2) is 41.5 Å². The highest BCUT2D eigenvalue weighted by atomic mass is 16.5. The van der Waals surface area contributed by atoms with Gasteiger partial charge in [-0.2, -0.15) is 0 Å². The largest absolute Gasteiger partial charge is 0.497 e. The van der Waals surface area contributed by atoms with Crippen molar-refractivity contribution in [1.29, 1.82) is 0 Å². The summed E-state index contributed by atoms with van der Waals surface area (Å²) in [7, 11) is 1.60. The molecular formula is C18H21N3O3. The second kappa shape index (κ2) is 7.29. The lowest BCUT2D eigenvalue weighted by atomic mass is 10.1. The van der Waals surface area contributed by atoms with Crippen molar-refractivity contribution < 1.29 is 9.53 Å². The van der Waals surface area contributed by atoms with Gasteiger partial charge >= 0.3 is 0 Å². The maximum absolute atomic E-state index is 12.2. The fraction of sp³-hybridized carbons (Fsp3) is 0.389. The van der Waals surface area contributed by atoms with E-state index in [1.54, 1.807) is 7.11 Å². The fourth-order valence-corrected chi connectivity index (χ4v) is 2.96. The molecule has 6 heteroatoms. The summed E-state index contributed by atoms with van der Waals surface area (Å²) in [6.07, 6.45) is 5.78. The van der Waals surface area contributed by atoms with Gasteiger partial charge in [0.05, 0.1) is 19.1 Å². The average molecular weight is 327 g/mol. The maximum Gasteiger partial charge on any atom is 0.254 e. The van der Waals surface area contributed by atoms with Gasteiger partial charge in [0.15, 0.2) is 0 Å². The Balaban J connectivity index is 1.69. The number of methoxy groups -OCH3 is 1. The summed E-state index contributed by atoms with van der Waals surface area (Å²) in [6, 6.07) is 9.02. The Morgan fingerprint density at radius 2 is 2.00 bits per heavy atom. The van der Waals surface area contributed by atoms with Crippen LogP contribution in [0.1, 0.15) is 25.7 Å². The number of carbonyl (C=O) groups is 1. The number of amides is 1. The van der Waals surface area contributed by atoms with Crippen molar-refractivity contribution in [3.05, 3.63) is 47.0 Å². The summed E-state index contributed by atoms with van der Waals surface area (Å²) >= 11 is 0. The number of nitrogens with one attached hydrogen (secondary N) is 1. The second-order valence-electron chi connectivity index (χ2n) is 6.02. The first-order valence-corrected chi connectivity index (χ1v) is 8.16. The molecule has 1 fully saturated rings. The lowest BCUT2D eigenvalue weighted by Crippen LogP contribution is -2.37. The third kappa shape index (κ3) is 3.82. The number of nitrogens with zero attached hydrogens (tertiary/aromatic N) is 2. The minimum Gasteiger partial charge on any atom is -0.497 e. The summed E-state index contributed by atoms with van der Waals surface area (Å²) < 4.78 is 6.45. The summed E-state index contributed by atoms with van der Waals surface area (Å²) in [6.45, 7) is 0.00518. The number of hydrogen-bond donors (Lipinski definition) is 1. The van der Waals surface area contributed by atoms with E-state index >= 15 is 0 Å². The minimum absolute atomic E-state index is 0.00518. The Hall–Kier alpha value is -2.63. The van der Waals surface area contributed by atoms with E-state index in [4.69, 9.17) is 4.74 Å². The second-order valence-corrected chi connectivity index (χ2v) is 6.02. The Labute approximate surface area is 140 Å². The SMILES string of the molecule is COc1ccc(-c2cc(=O)n(CC(=O)NC3CCCC3)cn2)cc1. The van der Waals surface area contributed by atoms with E-state index in [2.05, 4.69) is 10.3 Å². The first kappa shape index (κ1) is 16.2. The molecular weight excluding hydrogens is 306 g/mol. The van der Waals surface area contributed by atoms with Gasteiger partial charge in [0.25, 0.3) is 5.56 Å². The van der Waals surface area contributed by atoms with Crippen molar-refractivity contribution in [2.24, 2.45) is 0 Å². The van der Waals surface area contributed by atoms with Gasteiger partial charge in [0.1, 0.15) is 12.3 Å². The van der Waals surface area contributed by atoms with E-state index in [1.165, 1.54) is 17.0 Å². The molecule has 2 aromatic rings. The zero-order chi connectivity index (χ0) is 16.9. The first-order chi connectivity index (χ1) is 11.7. The van der Waals surface area contributed by atoms with Crippen LogP contribution in [0.25, 0.3) is 11.3 Å². The molecule has 0 atom stereocenters. The highest BCUT2D eigenvalue weighted by Crippen LogP contribution is 2.19. The minimum atomic E-state index is -0.239. The predicted octanol–water partition coefficient (Wildman–Crippen LogP) is 1.98. The van der Waals surface area contributed by atoms with Gasteiger partial charge in [-0.1, -0.05) is 12.8 Å². The topological polar surface area (TPSA) is 73.2 Å². The van der Waals surface area contributed by atoms with Gasteiger partial charge in [0, 0.05) is 17.7 Å². The Kier molecular flexibility index (Phi) is 4.93. The normalized spacial score (nSPS) is 14.5. The highest BCUT2D eigenvalue weighted by Gasteiger charge is 2.17. The van der Waals surface area contributed by atoms with Crippen molar-refractivity contribution >= 4 is 5.91 Å². The van der Waals surface area contributed by atoms with E-state index in [1.807, 2.05) is 24.3 Å². The molecule has 1 aliphatic rings. The van der Waals surface area contributed by atoms with Crippen LogP contribution in [-0.2, 0) is 11.3 Å². The van der Waals surface area contributed by atoms with Gasteiger partial charge in [-0.05, 0) is 37.1 Å². The van der Waals surface area contributed by atoms with Crippen LogP contribution in [0, 0.1) is 0 Å². The quantitative estimate of drug-likeness (QED) is 0.911. The molecule has 0 saturated heterocycles. The molecule has 1 aromatic heterocycles.